The smallest absolute Gasteiger partial charge is 0.250 e. The van der Waals surface area contributed by atoms with Crippen molar-refractivity contribution in [2.75, 3.05) is 17.2 Å². The average molecular weight is 292 g/mol. The highest BCUT2D eigenvalue weighted by atomic mass is 19.1. The second-order valence-electron chi connectivity index (χ2n) is 4.38. The van der Waals surface area contributed by atoms with Crippen molar-refractivity contribution in [2.24, 2.45) is 0 Å². The van der Waals surface area contributed by atoms with Crippen LogP contribution in [0.15, 0.2) is 42.5 Å². The van der Waals surface area contributed by atoms with Crippen molar-refractivity contribution in [1.82, 2.24) is 0 Å². The second kappa shape index (κ2) is 6.81. The summed E-state index contributed by atoms with van der Waals surface area (Å²) in [6.07, 6.45) is 0. The van der Waals surface area contributed by atoms with Crippen LogP contribution >= 0.6 is 0 Å². The lowest BCUT2D eigenvalue weighted by Crippen LogP contribution is -2.15. The summed E-state index contributed by atoms with van der Waals surface area (Å²) >= 11 is 0. The van der Waals surface area contributed by atoms with Crippen molar-refractivity contribution in [3.8, 4) is 0 Å². The maximum atomic E-state index is 13.5. The molecule has 0 aliphatic carbocycles. The molecule has 0 aromatic heterocycles. The Labute approximate surface area is 120 Å². The van der Waals surface area contributed by atoms with Crippen LogP contribution in [0.2, 0.25) is 0 Å². The topological polar surface area (TPSA) is 61.4 Å². The Balaban J connectivity index is 2.04. The van der Waals surface area contributed by atoms with Crippen molar-refractivity contribution < 1.29 is 18.7 Å². The number of aliphatic hydroxyl groups excluding tert-OH is 1. The van der Waals surface area contributed by atoms with Gasteiger partial charge in [-0.15, -0.1) is 0 Å². The van der Waals surface area contributed by atoms with Gasteiger partial charge in [0, 0.05) is 23.5 Å². The molecule has 0 radical (unpaired) electrons. The molecule has 0 bridgehead atoms. The zero-order valence-electron chi connectivity index (χ0n) is 11.1. The van der Waals surface area contributed by atoms with E-state index in [2.05, 4.69) is 10.6 Å². The van der Waals surface area contributed by atoms with Gasteiger partial charge in [-0.2, -0.15) is 0 Å². The number of amides is 1. The summed E-state index contributed by atoms with van der Waals surface area (Å²) in [6.45, 7) is -0.493. The minimum atomic E-state index is -0.605. The van der Waals surface area contributed by atoms with Crippen molar-refractivity contribution in [2.45, 2.75) is 6.54 Å². The number of hydrogen-bond donors (Lipinski definition) is 3. The summed E-state index contributed by atoms with van der Waals surface area (Å²) in [4.78, 5) is 11.1. The molecule has 0 saturated heterocycles. The molecule has 2 aromatic rings. The van der Waals surface area contributed by atoms with Gasteiger partial charge < -0.3 is 15.7 Å². The number of nitrogens with one attached hydrogen (secondary N) is 2. The van der Waals surface area contributed by atoms with Gasteiger partial charge in [0.15, 0.2) is 0 Å². The highest BCUT2D eigenvalue weighted by Gasteiger charge is 2.05. The van der Waals surface area contributed by atoms with Crippen LogP contribution in [0.5, 0.6) is 0 Å². The first-order valence-electron chi connectivity index (χ1n) is 6.27. The lowest BCUT2D eigenvalue weighted by Gasteiger charge is -2.10. The third-order valence-electron chi connectivity index (χ3n) is 2.78. The van der Waals surface area contributed by atoms with Crippen LogP contribution < -0.4 is 10.6 Å². The van der Waals surface area contributed by atoms with Gasteiger partial charge >= 0.3 is 0 Å². The first kappa shape index (κ1) is 14.9. The van der Waals surface area contributed by atoms with Crippen LogP contribution in [0, 0.1) is 11.6 Å². The Morgan fingerprint density at radius 3 is 2.62 bits per heavy atom. The molecule has 0 heterocycles. The lowest BCUT2D eigenvalue weighted by molar-refractivity contribution is -0.118. The standard InChI is InChI=1S/C15H14F2N2O2/c16-11-4-5-14(17)10(6-11)8-18-12-2-1-3-13(7-12)19-15(21)9-20/h1-7,18,20H,8-9H2,(H,19,21). The summed E-state index contributed by atoms with van der Waals surface area (Å²) in [5.41, 5.74) is 1.34. The van der Waals surface area contributed by atoms with Gasteiger partial charge in [-0.25, -0.2) is 8.78 Å². The Kier molecular flexibility index (Phi) is 4.84. The van der Waals surface area contributed by atoms with Crippen molar-refractivity contribution >= 4 is 17.3 Å². The van der Waals surface area contributed by atoms with Crippen LogP contribution in [0.3, 0.4) is 0 Å². The molecule has 6 heteroatoms. The maximum absolute atomic E-state index is 13.5. The molecular formula is C15H14F2N2O2. The molecule has 110 valence electrons. The first-order valence-corrected chi connectivity index (χ1v) is 6.27. The second-order valence-corrected chi connectivity index (χ2v) is 4.38. The Morgan fingerprint density at radius 2 is 1.86 bits per heavy atom. The van der Waals surface area contributed by atoms with E-state index in [1.165, 1.54) is 0 Å². The highest BCUT2D eigenvalue weighted by Crippen LogP contribution is 2.17. The number of rotatable bonds is 5. The fourth-order valence-electron chi connectivity index (χ4n) is 1.78. The lowest BCUT2D eigenvalue weighted by atomic mass is 10.2. The van der Waals surface area contributed by atoms with E-state index in [0.717, 1.165) is 18.2 Å². The summed E-state index contributed by atoms with van der Waals surface area (Å²) in [5.74, 6) is -1.52. The molecule has 21 heavy (non-hydrogen) atoms. The van der Waals surface area contributed by atoms with Crippen LogP contribution in [-0.2, 0) is 11.3 Å². The largest absolute Gasteiger partial charge is 0.387 e. The fraction of sp³-hybridized carbons (Fsp3) is 0.133. The van der Waals surface area contributed by atoms with Crippen molar-refractivity contribution in [3.63, 3.8) is 0 Å². The molecule has 2 rings (SSSR count). The zero-order chi connectivity index (χ0) is 15.2. The average Bonchev–Trinajstić information content (AvgIpc) is 2.48. The van der Waals surface area contributed by atoms with Gasteiger partial charge in [-0.3, -0.25) is 4.79 Å². The molecular weight excluding hydrogens is 278 g/mol. The zero-order valence-corrected chi connectivity index (χ0v) is 11.1. The summed E-state index contributed by atoms with van der Waals surface area (Å²) in [5, 5.41) is 14.1. The minimum Gasteiger partial charge on any atom is -0.387 e. The minimum absolute atomic E-state index is 0.112. The number of halogens is 2. The van der Waals surface area contributed by atoms with E-state index in [0.29, 0.717) is 11.4 Å². The van der Waals surface area contributed by atoms with E-state index in [9.17, 15) is 13.6 Å². The predicted molar refractivity (Wildman–Crippen MR) is 75.8 cm³/mol. The van der Waals surface area contributed by atoms with Gasteiger partial charge in [0.2, 0.25) is 5.91 Å². The van der Waals surface area contributed by atoms with E-state index in [-0.39, 0.29) is 12.1 Å². The molecule has 2 aromatic carbocycles. The van der Waals surface area contributed by atoms with Crippen LogP contribution in [0.4, 0.5) is 20.2 Å². The van der Waals surface area contributed by atoms with E-state index in [4.69, 9.17) is 5.11 Å². The van der Waals surface area contributed by atoms with Gasteiger partial charge in [-0.05, 0) is 36.4 Å². The van der Waals surface area contributed by atoms with Crippen LogP contribution in [0.1, 0.15) is 5.56 Å². The Bertz CT molecular complexity index is 647. The summed E-state index contributed by atoms with van der Waals surface area (Å²) < 4.78 is 26.5. The number of carbonyl (C=O) groups excluding carboxylic acids is 1. The maximum Gasteiger partial charge on any atom is 0.250 e. The SMILES string of the molecule is O=C(CO)Nc1cccc(NCc2cc(F)ccc2F)c1. The molecule has 0 atom stereocenters. The quantitative estimate of drug-likeness (QED) is 0.793. The van der Waals surface area contributed by atoms with Crippen LogP contribution in [-0.4, -0.2) is 17.6 Å². The molecule has 0 saturated carbocycles. The third kappa shape index (κ3) is 4.25. The van der Waals surface area contributed by atoms with Gasteiger partial charge in [0.25, 0.3) is 0 Å². The van der Waals surface area contributed by atoms with Gasteiger partial charge in [-0.1, -0.05) is 6.07 Å². The van der Waals surface area contributed by atoms with E-state index >= 15 is 0 Å². The highest BCUT2D eigenvalue weighted by molar-refractivity contribution is 5.91. The Morgan fingerprint density at radius 1 is 1.10 bits per heavy atom. The molecule has 0 aliphatic heterocycles. The molecule has 0 fully saturated rings. The van der Waals surface area contributed by atoms with Crippen LogP contribution in [0.25, 0.3) is 0 Å². The Hall–Kier alpha value is -2.47. The third-order valence-corrected chi connectivity index (χ3v) is 2.78. The van der Waals surface area contributed by atoms with Gasteiger partial charge in [0.1, 0.15) is 18.2 Å². The number of carbonyl (C=O) groups is 1. The van der Waals surface area contributed by atoms with Crippen molar-refractivity contribution in [1.29, 1.82) is 0 Å². The number of anilines is 2. The van der Waals surface area contributed by atoms with E-state index in [1.807, 2.05) is 0 Å². The number of benzene rings is 2. The van der Waals surface area contributed by atoms with Crippen molar-refractivity contribution in [3.05, 3.63) is 59.7 Å². The predicted octanol–water partition coefficient (Wildman–Crippen LogP) is 2.51. The van der Waals surface area contributed by atoms with E-state index < -0.39 is 24.1 Å². The molecule has 0 unspecified atom stereocenters. The number of hydrogen-bond acceptors (Lipinski definition) is 3. The summed E-state index contributed by atoms with van der Waals surface area (Å²) in [7, 11) is 0. The summed E-state index contributed by atoms with van der Waals surface area (Å²) in [6, 6.07) is 9.96. The molecule has 0 spiro atoms. The molecule has 0 aliphatic rings. The fourth-order valence-corrected chi connectivity index (χ4v) is 1.78. The first-order chi connectivity index (χ1) is 10.1. The molecule has 3 N–H and O–H groups in total. The van der Waals surface area contributed by atoms with E-state index in [1.54, 1.807) is 24.3 Å². The molecule has 1 amide bonds. The van der Waals surface area contributed by atoms with Gasteiger partial charge in [0.05, 0.1) is 0 Å². The number of aliphatic hydroxyl groups is 1. The normalized spacial score (nSPS) is 10.2. The molecule has 4 nitrogen and oxygen atoms in total. The monoisotopic (exact) mass is 292 g/mol.